The maximum absolute atomic E-state index is 12.3. The van der Waals surface area contributed by atoms with E-state index < -0.39 is 11.5 Å². The van der Waals surface area contributed by atoms with Gasteiger partial charge >= 0.3 is 0 Å². The molecular weight excluding hydrogens is 381 g/mol. The van der Waals surface area contributed by atoms with Gasteiger partial charge in [0.25, 0.3) is 6.08 Å². The van der Waals surface area contributed by atoms with Crippen molar-refractivity contribution in [1.29, 1.82) is 0 Å². The van der Waals surface area contributed by atoms with Crippen molar-refractivity contribution in [2.45, 2.75) is 104 Å². The first kappa shape index (κ1) is 33.6. The number of halogens is 3. The Morgan fingerprint density at radius 1 is 0.633 bits per heavy atom. The Labute approximate surface area is 187 Å². The maximum Gasteiger partial charge on any atom is 0.270 e. The molecule has 30 heavy (non-hydrogen) atoms. The average molecular weight is 433 g/mol. The Morgan fingerprint density at radius 3 is 1.00 bits per heavy atom. The predicted octanol–water partition coefficient (Wildman–Crippen LogP) is 10.6. The molecule has 0 aliphatic rings. The summed E-state index contributed by atoms with van der Waals surface area (Å²) in [5.41, 5.74) is 2.33. The molecule has 0 unspecified atom stereocenters. The molecule has 0 aromatic heterocycles. The van der Waals surface area contributed by atoms with Gasteiger partial charge in [0.1, 0.15) is 0 Å². The quantitative estimate of drug-likeness (QED) is 0.389. The third-order valence-electron chi connectivity index (χ3n) is 4.85. The molecule has 0 radical (unpaired) electrons. The van der Waals surface area contributed by atoms with Crippen molar-refractivity contribution in [3.63, 3.8) is 0 Å². The lowest BCUT2D eigenvalue weighted by Crippen LogP contribution is -2.15. The van der Waals surface area contributed by atoms with E-state index in [9.17, 15) is 13.2 Å². The van der Waals surface area contributed by atoms with Crippen LogP contribution in [0, 0.1) is 34.0 Å². The highest BCUT2D eigenvalue weighted by Crippen LogP contribution is 2.34. The summed E-state index contributed by atoms with van der Waals surface area (Å²) in [6.45, 7) is 34.1. The zero-order valence-electron chi connectivity index (χ0n) is 22.7. The van der Waals surface area contributed by atoms with Gasteiger partial charge < -0.3 is 0 Å². The van der Waals surface area contributed by atoms with E-state index in [1.54, 1.807) is 13.8 Å². The van der Waals surface area contributed by atoms with Crippen molar-refractivity contribution in [3.8, 4) is 0 Å². The van der Waals surface area contributed by atoms with Crippen LogP contribution in [0.25, 0.3) is 0 Å². The highest BCUT2D eigenvalue weighted by atomic mass is 19.3. The van der Waals surface area contributed by atoms with Gasteiger partial charge in [-0.2, -0.15) is 8.78 Å². The molecule has 0 amide bonds. The zero-order chi connectivity index (χ0) is 25.2. The molecule has 0 aliphatic heterocycles. The first-order valence-electron chi connectivity index (χ1n) is 11.1. The van der Waals surface area contributed by atoms with Crippen LogP contribution in [0.5, 0.6) is 0 Å². The first-order chi connectivity index (χ1) is 13.0. The van der Waals surface area contributed by atoms with Crippen LogP contribution >= 0.6 is 0 Å². The molecule has 0 rings (SSSR count). The van der Waals surface area contributed by atoms with Crippen molar-refractivity contribution in [2.75, 3.05) is 0 Å². The fourth-order valence-electron chi connectivity index (χ4n) is 3.39. The Morgan fingerprint density at radius 2 is 1.00 bits per heavy atom. The minimum atomic E-state index is -1.52. The Bertz CT molecular complexity index is 550. The van der Waals surface area contributed by atoms with Gasteiger partial charge in [0.05, 0.1) is 6.33 Å². The van der Waals surface area contributed by atoms with E-state index in [1.807, 2.05) is 55.4 Å². The third-order valence-corrected chi connectivity index (χ3v) is 4.85. The average Bonchev–Trinajstić information content (AvgIpc) is 2.42. The molecule has 0 fully saturated rings. The third kappa shape index (κ3) is 14.9. The van der Waals surface area contributed by atoms with Crippen molar-refractivity contribution in [2.24, 2.45) is 34.0 Å². The summed E-state index contributed by atoms with van der Waals surface area (Å²) in [5.74, 6) is 0.856. The van der Waals surface area contributed by atoms with Gasteiger partial charge in [0, 0.05) is 5.57 Å². The van der Waals surface area contributed by atoms with Crippen molar-refractivity contribution >= 4 is 0 Å². The van der Waals surface area contributed by atoms with Gasteiger partial charge in [-0.05, 0) is 39.6 Å². The predicted molar refractivity (Wildman–Crippen MR) is 130 cm³/mol. The summed E-state index contributed by atoms with van der Waals surface area (Å²) in [6.07, 6.45) is -0.780. The topological polar surface area (TPSA) is 0 Å². The molecule has 180 valence electrons. The van der Waals surface area contributed by atoms with E-state index in [-0.39, 0.29) is 22.3 Å². The standard InChI is InChI=1S/C9H16F2.C9H17F.C9H18/c1-6(2)7(8(10)11)9(3,4)5;1-7(2)8(6-10)9(3,4)5;1-7(2)8(3)9(4,5)6/h6H,1-5H3;6-7H,1-5H3;7H,3H2,1-2,4-6H3/b;8-6-;. The van der Waals surface area contributed by atoms with Crippen LogP contribution in [0.2, 0.25) is 0 Å². The van der Waals surface area contributed by atoms with Gasteiger partial charge in [-0.25, -0.2) is 4.39 Å². The van der Waals surface area contributed by atoms with Crippen molar-refractivity contribution in [1.82, 2.24) is 0 Å². The molecular formula is C27H51F3. The van der Waals surface area contributed by atoms with Crippen LogP contribution in [-0.2, 0) is 0 Å². The molecule has 0 aromatic carbocycles. The van der Waals surface area contributed by atoms with Crippen molar-refractivity contribution < 1.29 is 13.2 Å². The Kier molecular flexibility index (Phi) is 15.1. The maximum atomic E-state index is 12.3. The highest BCUT2D eigenvalue weighted by molar-refractivity contribution is 5.13. The summed E-state index contributed by atoms with van der Waals surface area (Å²) < 4.78 is 36.9. The Balaban J connectivity index is -0.000000366. The summed E-state index contributed by atoms with van der Waals surface area (Å²) in [6, 6.07) is 0. The minimum Gasteiger partial charge on any atom is -0.216 e. The smallest absolute Gasteiger partial charge is 0.216 e. The van der Waals surface area contributed by atoms with Crippen LogP contribution in [-0.4, -0.2) is 0 Å². The van der Waals surface area contributed by atoms with Crippen LogP contribution in [0.1, 0.15) is 104 Å². The van der Waals surface area contributed by atoms with E-state index in [0.717, 1.165) is 11.9 Å². The fourth-order valence-corrected chi connectivity index (χ4v) is 3.39. The lowest BCUT2D eigenvalue weighted by molar-refractivity contribution is 0.344. The normalized spacial score (nSPS) is 12.9. The lowest BCUT2D eigenvalue weighted by atomic mass is 9.81. The van der Waals surface area contributed by atoms with Crippen LogP contribution in [0.3, 0.4) is 0 Å². The number of hydrogen-bond acceptors (Lipinski definition) is 0. The summed E-state index contributed by atoms with van der Waals surface area (Å²) >= 11 is 0. The van der Waals surface area contributed by atoms with Crippen molar-refractivity contribution in [3.05, 3.63) is 35.7 Å². The summed E-state index contributed by atoms with van der Waals surface area (Å²) in [7, 11) is 0. The van der Waals surface area contributed by atoms with Gasteiger partial charge in [0.2, 0.25) is 0 Å². The number of allylic oxidation sites excluding steroid dienone is 3. The van der Waals surface area contributed by atoms with Crippen LogP contribution in [0.4, 0.5) is 13.2 Å². The van der Waals surface area contributed by atoms with Gasteiger partial charge in [-0.15, -0.1) is 0 Å². The second kappa shape index (κ2) is 13.4. The molecule has 3 heteroatoms. The van der Waals surface area contributed by atoms with E-state index in [2.05, 4.69) is 41.2 Å². The molecule has 0 saturated carbocycles. The molecule has 0 heterocycles. The van der Waals surface area contributed by atoms with E-state index in [1.165, 1.54) is 5.57 Å². The van der Waals surface area contributed by atoms with Gasteiger partial charge in [-0.3, -0.25) is 0 Å². The fraction of sp³-hybridized carbons (Fsp3) is 0.778. The van der Waals surface area contributed by atoms with Crippen LogP contribution in [0.15, 0.2) is 35.7 Å². The van der Waals surface area contributed by atoms with Gasteiger partial charge in [0.15, 0.2) is 0 Å². The van der Waals surface area contributed by atoms with Crippen LogP contribution < -0.4 is 0 Å². The number of hydrogen-bond donors (Lipinski definition) is 0. The van der Waals surface area contributed by atoms with Gasteiger partial charge in [-0.1, -0.05) is 116 Å². The monoisotopic (exact) mass is 432 g/mol. The summed E-state index contributed by atoms with van der Waals surface area (Å²) in [5, 5.41) is 0. The number of rotatable bonds is 3. The lowest BCUT2D eigenvalue weighted by Gasteiger charge is -2.24. The molecule has 0 aliphatic carbocycles. The van der Waals surface area contributed by atoms with E-state index in [0.29, 0.717) is 11.8 Å². The molecule has 0 bridgehead atoms. The highest BCUT2D eigenvalue weighted by Gasteiger charge is 2.24. The SMILES string of the molecule is C=C(C(C)C)C(C)(C)C.CC(C)/C(=C/F)C(C)(C)C.CC(C)C(=C(F)F)C(C)(C)C. The minimum absolute atomic E-state index is 0.0249. The second-order valence-electron chi connectivity index (χ2n) is 12.0. The molecule has 0 atom stereocenters. The molecule has 0 nitrogen and oxygen atoms in total. The molecule has 0 spiro atoms. The van der Waals surface area contributed by atoms with E-state index >= 15 is 0 Å². The summed E-state index contributed by atoms with van der Waals surface area (Å²) in [4.78, 5) is 0. The second-order valence-corrected chi connectivity index (χ2v) is 12.0. The largest absolute Gasteiger partial charge is 0.270 e. The Hall–Kier alpha value is -0.990. The molecule has 0 saturated heterocycles. The molecule has 0 aromatic rings. The first-order valence-corrected chi connectivity index (χ1v) is 11.1. The van der Waals surface area contributed by atoms with E-state index in [4.69, 9.17) is 0 Å². The zero-order valence-corrected chi connectivity index (χ0v) is 22.7. The molecule has 0 N–H and O–H groups in total.